The summed E-state index contributed by atoms with van der Waals surface area (Å²) < 4.78 is 0. The van der Waals surface area contributed by atoms with Gasteiger partial charge < -0.3 is 5.11 Å². The van der Waals surface area contributed by atoms with Crippen molar-refractivity contribution in [3.05, 3.63) is 33.8 Å². The van der Waals surface area contributed by atoms with Crippen LogP contribution in [0.1, 0.15) is 17.3 Å². The second kappa shape index (κ2) is 4.31. The normalized spacial score (nSPS) is 26.6. The van der Waals surface area contributed by atoms with Crippen molar-refractivity contribution in [2.75, 3.05) is 0 Å². The lowest BCUT2D eigenvalue weighted by Crippen LogP contribution is -2.08. The van der Waals surface area contributed by atoms with Crippen LogP contribution in [0.2, 0.25) is 10.0 Å². The van der Waals surface area contributed by atoms with E-state index in [4.69, 9.17) is 28.3 Å². The standard InChI is InChI=1S/C12H10Cl2O3/c1-5-9(10(5)12(16)17)11(15)6-2-3-7(13)8(14)4-6/h2-5,9-10H,1H3,(H,16,17)/t5-,9-,10-/m0/s1. The first-order valence-corrected chi connectivity index (χ1v) is 5.91. The predicted molar refractivity (Wildman–Crippen MR) is 64.6 cm³/mol. The summed E-state index contributed by atoms with van der Waals surface area (Å²) in [7, 11) is 0. The Hall–Kier alpha value is -1.06. The summed E-state index contributed by atoms with van der Waals surface area (Å²) in [5, 5.41) is 9.57. The Morgan fingerprint density at radius 2 is 1.82 bits per heavy atom. The van der Waals surface area contributed by atoms with Gasteiger partial charge in [0.1, 0.15) is 0 Å². The average Bonchev–Trinajstić information content (AvgIpc) is 2.93. The predicted octanol–water partition coefficient (Wildman–Crippen LogP) is 3.14. The van der Waals surface area contributed by atoms with E-state index in [0.29, 0.717) is 15.6 Å². The summed E-state index contributed by atoms with van der Waals surface area (Å²) in [6.45, 7) is 1.76. The summed E-state index contributed by atoms with van der Waals surface area (Å²) in [4.78, 5) is 22.9. The molecular weight excluding hydrogens is 263 g/mol. The highest BCUT2D eigenvalue weighted by atomic mass is 35.5. The van der Waals surface area contributed by atoms with Crippen LogP contribution in [0.15, 0.2) is 18.2 Å². The van der Waals surface area contributed by atoms with Crippen LogP contribution in [0.4, 0.5) is 0 Å². The van der Waals surface area contributed by atoms with Gasteiger partial charge in [0.15, 0.2) is 5.78 Å². The fourth-order valence-electron chi connectivity index (χ4n) is 2.08. The molecule has 90 valence electrons. The van der Waals surface area contributed by atoms with E-state index in [0.717, 1.165) is 0 Å². The molecule has 2 rings (SSSR count). The van der Waals surface area contributed by atoms with Crippen LogP contribution < -0.4 is 0 Å². The van der Waals surface area contributed by atoms with E-state index < -0.39 is 17.8 Å². The fraction of sp³-hybridized carbons (Fsp3) is 0.333. The van der Waals surface area contributed by atoms with E-state index >= 15 is 0 Å². The van der Waals surface area contributed by atoms with Crippen molar-refractivity contribution in [2.45, 2.75) is 6.92 Å². The Morgan fingerprint density at radius 3 is 2.29 bits per heavy atom. The Morgan fingerprint density at radius 1 is 1.18 bits per heavy atom. The van der Waals surface area contributed by atoms with E-state index in [2.05, 4.69) is 0 Å². The Kier molecular flexibility index (Phi) is 3.15. The molecule has 1 fully saturated rings. The van der Waals surface area contributed by atoms with Gasteiger partial charge in [-0.3, -0.25) is 9.59 Å². The van der Waals surface area contributed by atoms with Crippen molar-refractivity contribution in [1.29, 1.82) is 0 Å². The second-order valence-corrected chi connectivity index (χ2v) is 5.06. The number of carboxylic acids is 1. The molecule has 0 bridgehead atoms. The number of aliphatic carboxylic acids is 1. The highest BCUT2D eigenvalue weighted by molar-refractivity contribution is 6.42. The number of ketones is 1. The third kappa shape index (κ3) is 2.17. The summed E-state index contributed by atoms with van der Waals surface area (Å²) in [5.41, 5.74) is 0.417. The summed E-state index contributed by atoms with van der Waals surface area (Å²) in [6, 6.07) is 4.59. The van der Waals surface area contributed by atoms with Gasteiger partial charge in [-0.25, -0.2) is 0 Å². The number of carbonyl (C=O) groups is 2. The summed E-state index contributed by atoms with van der Waals surface area (Å²) >= 11 is 11.6. The van der Waals surface area contributed by atoms with Gasteiger partial charge in [0.05, 0.1) is 16.0 Å². The van der Waals surface area contributed by atoms with Crippen molar-refractivity contribution in [1.82, 2.24) is 0 Å². The molecule has 0 spiro atoms. The van der Waals surface area contributed by atoms with Crippen molar-refractivity contribution < 1.29 is 14.7 Å². The highest BCUT2D eigenvalue weighted by Crippen LogP contribution is 2.48. The fourth-order valence-corrected chi connectivity index (χ4v) is 2.38. The van der Waals surface area contributed by atoms with Crippen molar-refractivity contribution in [3.8, 4) is 0 Å². The molecule has 1 aromatic carbocycles. The Balaban J connectivity index is 2.22. The van der Waals surface area contributed by atoms with Gasteiger partial charge in [0.25, 0.3) is 0 Å². The van der Waals surface area contributed by atoms with E-state index in [-0.39, 0.29) is 11.7 Å². The SMILES string of the molecule is C[C@@H]1[C@H](C(=O)O)[C@H]1C(=O)c1ccc(Cl)c(Cl)c1. The van der Waals surface area contributed by atoms with Crippen LogP contribution in [-0.2, 0) is 4.79 Å². The van der Waals surface area contributed by atoms with Crippen molar-refractivity contribution >= 4 is 35.0 Å². The number of hydrogen-bond acceptors (Lipinski definition) is 2. The van der Waals surface area contributed by atoms with Crippen LogP contribution in [-0.4, -0.2) is 16.9 Å². The van der Waals surface area contributed by atoms with E-state index in [1.165, 1.54) is 6.07 Å². The molecule has 0 aromatic heterocycles. The molecule has 3 atom stereocenters. The molecule has 0 aliphatic heterocycles. The summed E-state index contributed by atoms with van der Waals surface area (Å²) in [6.07, 6.45) is 0. The quantitative estimate of drug-likeness (QED) is 0.861. The number of benzene rings is 1. The van der Waals surface area contributed by atoms with Gasteiger partial charge in [-0.1, -0.05) is 30.1 Å². The number of hydrogen-bond donors (Lipinski definition) is 1. The van der Waals surface area contributed by atoms with Crippen molar-refractivity contribution in [2.24, 2.45) is 17.8 Å². The van der Waals surface area contributed by atoms with Gasteiger partial charge in [0, 0.05) is 11.5 Å². The first-order valence-electron chi connectivity index (χ1n) is 5.15. The lowest BCUT2D eigenvalue weighted by Gasteiger charge is -2.01. The number of halogens is 2. The minimum absolute atomic E-state index is 0.116. The topological polar surface area (TPSA) is 54.4 Å². The minimum Gasteiger partial charge on any atom is -0.481 e. The van der Waals surface area contributed by atoms with Crippen molar-refractivity contribution in [3.63, 3.8) is 0 Å². The van der Waals surface area contributed by atoms with E-state index in [9.17, 15) is 9.59 Å². The number of rotatable bonds is 3. The molecule has 5 heteroatoms. The van der Waals surface area contributed by atoms with Crippen LogP contribution in [0.25, 0.3) is 0 Å². The largest absolute Gasteiger partial charge is 0.481 e. The third-order valence-electron chi connectivity index (χ3n) is 3.17. The Labute approximate surface area is 108 Å². The maximum atomic E-state index is 12.0. The number of carbonyl (C=O) groups excluding carboxylic acids is 1. The lowest BCUT2D eigenvalue weighted by molar-refractivity contribution is -0.139. The van der Waals surface area contributed by atoms with Crippen LogP contribution >= 0.6 is 23.2 Å². The number of Topliss-reactive ketones (excluding diaryl/α,β-unsaturated/α-hetero) is 1. The Bertz CT molecular complexity index is 499. The maximum absolute atomic E-state index is 12.0. The van der Waals surface area contributed by atoms with Gasteiger partial charge in [-0.05, 0) is 24.1 Å². The van der Waals surface area contributed by atoms with E-state index in [1.807, 2.05) is 0 Å². The summed E-state index contributed by atoms with van der Waals surface area (Å²) in [5.74, 6) is -2.23. The van der Waals surface area contributed by atoms with Crippen LogP contribution in [0, 0.1) is 17.8 Å². The van der Waals surface area contributed by atoms with Crippen LogP contribution in [0.3, 0.4) is 0 Å². The smallest absolute Gasteiger partial charge is 0.307 e. The molecular formula is C12H10Cl2O3. The molecule has 17 heavy (non-hydrogen) atoms. The average molecular weight is 273 g/mol. The lowest BCUT2D eigenvalue weighted by atomic mass is 10.1. The monoisotopic (exact) mass is 272 g/mol. The molecule has 0 saturated heterocycles. The zero-order valence-electron chi connectivity index (χ0n) is 8.98. The first-order chi connectivity index (χ1) is 7.93. The molecule has 0 heterocycles. The molecule has 0 unspecified atom stereocenters. The minimum atomic E-state index is -0.920. The molecule has 1 aliphatic rings. The van der Waals surface area contributed by atoms with Gasteiger partial charge in [-0.15, -0.1) is 0 Å². The molecule has 1 aliphatic carbocycles. The molecule has 1 N–H and O–H groups in total. The van der Waals surface area contributed by atoms with Gasteiger partial charge in [0.2, 0.25) is 0 Å². The highest BCUT2D eigenvalue weighted by Gasteiger charge is 2.56. The third-order valence-corrected chi connectivity index (χ3v) is 3.91. The molecule has 0 amide bonds. The van der Waals surface area contributed by atoms with E-state index in [1.54, 1.807) is 19.1 Å². The molecule has 3 nitrogen and oxygen atoms in total. The molecule has 0 radical (unpaired) electrons. The van der Waals surface area contributed by atoms with Gasteiger partial charge >= 0.3 is 5.97 Å². The number of carboxylic acid groups (broad SMARTS) is 1. The van der Waals surface area contributed by atoms with Crippen LogP contribution in [0.5, 0.6) is 0 Å². The first kappa shape index (κ1) is 12.4. The zero-order chi connectivity index (χ0) is 12.7. The molecule has 1 aromatic rings. The maximum Gasteiger partial charge on any atom is 0.307 e. The molecule has 1 saturated carbocycles. The second-order valence-electron chi connectivity index (χ2n) is 4.24. The van der Waals surface area contributed by atoms with Gasteiger partial charge in [-0.2, -0.15) is 0 Å². The zero-order valence-corrected chi connectivity index (χ0v) is 10.5.